The Bertz CT molecular complexity index is 649. The molecule has 0 fully saturated rings. The summed E-state index contributed by atoms with van der Waals surface area (Å²) in [5.41, 5.74) is 1.19. The Morgan fingerprint density at radius 2 is 2.05 bits per heavy atom. The Morgan fingerprint density at radius 3 is 2.60 bits per heavy atom. The standard InChI is InChI=1S/C12H9BrClN3O3/c1-7-2-9(13)3-10(17(18)19)11(7)20-12-15-5-8(4-14)6-16-12/h2-3,5-6H,4H2,1H3. The minimum Gasteiger partial charge on any atom is -0.417 e. The van der Waals surface area contributed by atoms with Gasteiger partial charge in [-0.05, 0) is 13.0 Å². The van der Waals surface area contributed by atoms with E-state index in [0.29, 0.717) is 10.0 Å². The fraction of sp³-hybridized carbons (Fsp3) is 0.167. The largest absolute Gasteiger partial charge is 0.417 e. The highest BCUT2D eigenvalue weighted by molar-refractivity contribution is 9.10. The van der Waals surface area contributed by atoms with E-state index >= 15 is 0 Å². The van der Waals surface area contributed by atoms with Crippen LogP contribution in [0.3, 0.4) is 0 Å². The molecule has 0 aliphatic heterocycles. The second-order valence-corrected chi connectivity index (χ2v) is 5.12. The molecule has 0 aliphatic rings. The molecule has 0 aliphatic carbocycles. The average molecular weight is 359 g/mol. The maximum Gasteiger partial charge on any atom is 0.322 e. The van der Waals surface area contributed by atoms with E-state index in [-0.39, 0.29) is 23.3 Å². The molecule has 0 amide bonds. The number of benzene rings is 1. The van der Waals surface area contributed by atoms with Crippen molar-refractivity contribution in [3.05, 3.63) is 50.2 Å². The van der Waals surface area contributed by atoms with Gasteiger partial charge in [0.15, 0.2) is 0 Å². The van der Waals surface area contributed by atoms with E-state index in [2.05, 4.69) is 25.9 Å². The Kier molecular flexibility index (Phi) is 4.51. The summed E-state index contributed by atoms with van der Waals surface area (Å²) in [6.07, 6.45) is 3.02. The predicted molar refractivity (Wildman–Crippen MR) is 77.2 cm³/mol. The maximum absolute atomic E-state index is 11.1. The summed E-state index contributed by atoms with van der Waals surface area (Å²) in [6, 6.07) is 3.12. The van der Waals surface area contributed by atoms with Gasteiger partial charge in [-0.15, -0.1) is 11.6 Å². The van der Waals surface area contributed by atoms with E-state index in [4.69, 9.17) is 16.3 Å². The van der Waals surface area contributed by atoms with Crippen LogP contribution in [0.25, 0.3) is 0 Å². The number of aryl methyl sites for hydroxylation is 1. The molecule has 1 heterocycles. The van der Waals surface area contributed by atoms with Gasteiger partial charge in [-0.2, -0.15) is 0 Å². The van der Waals surface area contributed by atoms with Crippen molar-refractivity contribution in [1.82, 2.24) is 9.97 Å². The highest BCUT2D eigenvalue weighted by Crippen LogP contribution is 2.36. The molecule has 6 nitrogen and oxygen atoms in total. The highest BCUT2D eigenvalue weighted by atomic mass is 79.9. The summed E-state index contributed by atoms with van der Waals surface area (Å²) < 4.78 is 6.03. The number of halogens is 2. The average Bonchev–Trinajstić information content (AvgIpc) is 2.42. The first-order chi connectivity index (χ1) is 9.51. The molecule has 0 radical (unpaired) electrons. The molecule has 0 saturated carbocycles. The fourth-order valence-electron chi connectivity index (χ4n) is 1.54. The van der Waals surface area contributed by atoms with Crippen LogP contribution >= 0.6 is 27.5 Å². The van der Waals surface area contributed by atoms with Crippen molar-refractivity contribution in [3.8, 4) is 11.8 Å². The summed E-state index contributed by atoms with van der Waals surface area (Å²) in [6.45, 7) is 1.71. The normalized spacial score (nSPS) is 10.3. The van der Waals surface area contributed by atoms with E-state index in [0.717, 1.165) is 5.56 Å². The molecule has 1 aromatic carbocycles. The first-order valence-corrected chi connectivity index (χ1v) is 6.83. The van der Waals surface area contributed by atoms with Crippen molar-refractivity contribution in [2.75, 3.05) is 0 Å². The highest BCUT2D eigenvalue weighted by Gasteiger charge is 2.20. The molecule has 8 heteroatoms. The molecule has 2 aromatic rings. The van der Waals surface area contributed by atoms with Crippen LogP contribution in [0.1, 0.15) is 11.1 Å². The molecular formula is C12H9BrClN3O3. The number of alkyl halides is 1. The monoisotopic (exact) mass is 357 g/mol. The van der Waals surface area contributed by atoms with E-state index in [9.17, 15) is 10.1 Å². The number of ether oxygens (including phenoxy) is 1. The predicted octanol–water partition coefficient (Wildman–Crippen LogP) is 3.99. The van der Waals surface area contributed by atoms with Crippen molar-refractivity contribution >= 4 is 33.2 Å². The number of hydrogen-bond acceptors (Lipinski definition) is 5. The third-order valence-corrected chi connectivity index (χ3v) is 3.21. The molecule has 0 unspecified atom stereocenters. The van der Waals surface area contributed by atoms with Gasteiger partial charge in [-0.25, -0.2) is 9.97 Å². The molecule has 0 spiro atoms. The van der Waals surface area contributed by atoms with Gasteiger partial charge in [0.1, 0.15) is 0 Å². The van der Waals surface area contributed by atoms with Gasteiger partial charge in [0.2, 0.25) is 5.75 Å². The maximum atomic E-state index is 11.1. The third kappa shape index (κ3) is 3.23. The lowest BCUT2D eigenvalue weighted by Gasteiger charge is -2.08. The van der Waals surface area contributed by atoms with Crippen LogP contribution in [-0.4, -0.2) is 14.9 Å². The molecule has 0 bridgehead atoms. The summed E-state index contributed by atoms with van der Waals surface area (Å²) in [4.78, 5) is 18.5. The zero-order chi connectivity index (χ0) is 14.7. The van der Waals surface area contributed by atoms with Crippen LogP contribution in [0.15, 0.2) is 29.0 Å². The van der Waals surface area contributed by atoms with Crippen LogP contribution in [0.2, 0.25) is 0 Å². The summed E-state index contributed by atoms with van der Waals surface area (Å²) in [5, 5.41) is 11.1. The molecular weight excluding hydrogens is 350 g/mol. The molecule has 2 rings (SSSR count). The van der Waals surface area contributed by atoms with E-state index in [1.54, 1.807) is 13.0 Å². The van der Waals surface area contributed by atoms with E-state index in [1.165, 1.54) is 18.5 Å². The second kappa shape index (κ2) is 6.15. The van der Waals surface area contributed by atoms with E-state index < -0.39 is 4.92 Å². The number of rotatable bonds is 4. The molecule has 20 heavy (non-hydrogen) atoms. The molecule has 0 atom stereocenters. The number of aromatic nitrogens is 2. The Balaban J connectivity index is 2.39. The van der Waals surface area contributed by atoms with Crippen molar-refractivity contribution in [2.24, 2.45) is 0 Å². The van der Waals surface area contributed by atoms with Crippen molar-refractivity contribution in [3.63, 3.8) is 0 Å². The number of nitrogens with zero attached hydrogens (tertiary/aromatic N) is 3. The minimum atomic E-state index is -0.514. The quantitative estimate of drug-likeness (QED) is 0.469. The third-order valence-electron chi connectivity index (χ3n) is 2.45. The van der Waals surface area contributed by atoms with Crippen LogP contribution in [-0.2, 0) is 5.88 Å². The smallest absolute Gasteiger partial charge is 0.322 e. The lowest BCUT2D eigenvalue weighted by molar-refractivity contribution is -0.385. The van der Waals surface area contributed by atoms with Gasteiger partial charge < -0.3 is 4.74 Å². The van der Waals surface area contributed by atoms with Crippen LogP contribution < -0.4 is 4.74 Å². The van der Waals surface area contributed by atoms with Crippen LogP contribution in [0.4, 0.5) is 5.69 Å². The molecule has 104 valence electrons. The topological polar surface area (TPSA) is 78.2 Å². The second-order valence-electron chi connectivity index (χ2n) is 3.94. The SMILES string of the molecule is Cc1cc(Br)cc([N+](=O)[O-])c1Oc1ncc(CCl)cn1. The summed E-state index contributed by atoms with van der Waals surface area (Å²) >= 11 is 8.85. The van der Waals surface area contributed by atoms with Crippen LogP contribution in [0, 0.1) is 17.0 Å². The van der Waals surface area contributed by atoms with Gasteiger partial charge >= 0.3 is 11.7 Å². The first-order valence-electron chi connectivity index (χ1n) is 5.50. The van der Waals surface area contributed by atoms with Gasteiger partial charge in [0.25, 0.3) is 0 Å². The number of hydrogen-bond donors (Lipinski definition) is 0. The number of nitro benzene ring substituents is 1. The van der Waals surface area contributed by atoms with Crippen LogP contribution in [0.5, 0.6) is 11.8 Å². The Morgan fingerprint density at radius 1 is 1.40 bits per heavy atom. The fourth-order valence-corrected chi connectivity index (χ4v) is 2.23. The van der Waals surface area contributed by atoms with Gasteiger partial charge in [-0.1, -0.05) is 15.9 Å². The van der Waals surface area contributed by atoms with Gasteiger partial charge in [0, 0.05) is 34.1 Å². The van der Waals surface area contributed by atoms with Gasteiger partial charge in [0.05, 0.1) is 10.8 Å². The number of nitro groups is 1. The lowest BCUT2D eigenvalue weighted by atomic mass is 10.2. The van der Waals surface area contributed by atoms with Crippen molar-refractivity contribution in [1.29, 1.82) is 0 Å². The zero-order valence-corrected chi connectivity index (χ0v) is 12.7. The van der Waals surface area contributed by atoms with Gasteiger partial charge in [-0.3, -0.25) is 10.1 Å². The minimum absolute atomic E-state index is 0.0346. The summed E-state index contributed by atoms with van der Waals surface area (Å²) in [5.74, 6) is 0.411. The van der Waals surface area contributed by atoms with Crippen molar-refractivity contribution < 1.29 is 9.66 Å². The van der Waals surface area contributed by atoms with E-state index in [1.807, 2.05) is 0 Å². The first kappa shape index (κ1) is 14.7. The Labute approximate surface area is 128 Å². The molecule has 0 N–H and O–H groups in total. The zero-order valence-electron chi connectivity index (χ0n) is 10.3. The van der Waals surface area contributed by atoms with Crippen molar-refractivity contribution in [2.45, 2.75) is 12.8 Å². The molecule has 1 aromatic heterocycles. The Hall–Kier alpha value is -1.73. The molecule has 0 saturated heterocycles. The summed E-state index contributed by atoms with van der Waals surface area (Å²) in [7, 11) is 0. The lowest BCUT2D eigenvalue weighted by Crippen LogP contribution is -1.99.